The van der Waals surface area contributed by atoms with Crippen LogP contribution in [0, 0.1) is 0 Å². The molecule has 2 aliphatic rings. The Morgan fingerprint density at radius 2 is 1.76 bits per heavy atom. The lowest BCUT2D eigenvalue weighted by molar-refractivity contribution is -0.0202. The van der Waals surface area contributed by atoms with Crippen LogP contribution >= 0.6 is 23.2 Å². The molecule has 2 aliphatic heterocycles. The fourth-order valence-corrected chi connectivity index (χ4v) is 4.55. The van der Waals surface area contributed by atoms with Crippen molar-refractivity contribution in [3.8, 4) is 11.5 Å². The van der Waals surface area contributed by atoms with Gasteiger partial charge in [-0.2, -0.15) is 5.10 Å². The number of para-hydroxylation sites is 1. The van der Waals surface area contributed by atoms with Crippen molar-refractivity contribution < 1.29 is 9.47 Å². The van der Waals surface area contributed by atoms with E-state index in [0.29, 0.717) is 15.8 Å². The third kappa shape index (κ3) is 3.13. The molecule has 3 aromatic carbocycles. The molecule has 0 aliphatic carbocycles. The van der Waals surface area contributed by atoms with Crippen molar-refractivity contribution in [2.24, 2.45) is 5.10 Å². The Kier molecular flexibility index (Phi) is 4.61. The van der Waals surface area contributed by atoms with Gasteiger partial charge in [-0.05, 0) is 29.8 Å². The molecule has 0 saturated carbocycles. The Balaban J connectivity index is 1.66. The van der Waals surface area contributed by atoms with Crippen molar-refractivity contribution >= 4 is 28.9 Å². The van der Waals surface area contributed by atoms with Crippen LogP contribution in [-0.4, -0.2) is 17.8 Å². The van der Waals surface area contributed by atoms with Gasteiger partial charge in [0.25, 0.3) is 0 Å². The van der Waals surface area contributed by atoms with Crippen LogP contribution < -0.4 is 9.47 Å². The first-order valence-electron chi connectivity index (χ1n) is 9.35. The van der Waals surface area contributed by atoms with Crippen molar-refractivity contribution in [3.63, 3.8) is 0 Å². The second-order valence-corrected chi connectivity index (χ2v) is 7.87. The van der Waals surface area contributed by atoms with Crippen LogP contribution in [-0.2, 0) is 0 Å². The smallest absolute Gasteiger partial charge is 0.217 e. The zero-order chi connectivity index (χ0) is 20.0. The van der Waals surface area contributed by atoms with Crippen LogP contribution in [0.1, 0.15) is 35.4 Å². The maximum absolute atomic E-state index is 6.52. The van der Waals surface area contributed by atoms with Crippen molar-refractivity contribution in [3.05, 3.63) is 93.5 Å². The number of halogens is 2. The van der Waals surface area contributed by atoms with Crippen LogP contribution in [0.25, 0.3) is 0 Å². The molecule has 29 heavy (non-hydrogen) atoms. The zero-order valence-electron chi connectivity index (χ0n) is 15.7. The van der Waals surface area contributed by atoms with Gasteiger partial charge in [0.2, 0.25) is 6.23 Å². The summed E-state index contributed by atoms with van der Waals surface area (Å²) in [5, 5.41) is 8.03. The lowest BCUT2D eigenvalue weighted by Crippen LogP contribution is -2.34. The number of hydrogen-bond donors (Lipinski definition) is 0. The van der Waals surface area contributed by atoms with E-state index in [4.69, 9.17) is 37.8 Å². The number of nitrogens with zero attached hydrogens (tertiary/aromatic N) is 2. The number of methoxy groups -OCH3 is 1. The third-order valence-corrected chi connectivity index (χ3v) is 5.82. The first-order chi connectivity index (χ1) is 14.2. The minimum absolute atomic E-state index is 0.0277. The van der Waals surface area contributed by atoms with Gasteiger partial charge in [-0.25, -0.2) is 5.01 Å². The molecule has 0 fully saturated rings. The Labute approximate surface area is 179 Å². The standard InChI is InChI=1S/C23H18Cl2N2O2/c1-28-21-10-6-5-9-16(21)23-27-20(13-19(26-27)14-7-3-2-4-8-14)17-11-15(24)12-18(25)22(17)29-23/h2-12,20,23H,13H2,1H3/t20-,23+/m1/s1. The molecule has 3 aromatic rings. The predicted octanol–water partition coefficient (Wildman–Crippen LogP) is 6.24. The highest BCUT2D eigenvalue weighted by Crippen LogP contribution is 2.51. The summed E-state index contributed by atoms with van der Waals surface area (Å²) in [4.78, 5) is 0. The van der Waals surface area contributed by atoms with Crippen molar-refractivity contribution in [2.75, 3.05) is 7.11 Å². The summed E-state index contributed by atoms with van der Waals surface area (Å²) >= 11 is 12.8. The number of benzene rings is 3. The topological polar surface area (TPSA) is 34.1 Å². The van der Waals surface area contributed by atoms with Crippen molar-refractivity contribution in [2.45, 2.75) is 18.7 Å². The van der Waals surface area contributed by atoms with Gasteiger partial charge in [0.1, 0.15) is 11.5 Å². The maximum Gasteiger partial charge on any atom is 0.217 e. The van der Waals surface area contributed by atoms with E-state index in [9.17, 15) is 0 Å². The van der Waals surface area contributed by atoms with Crippen LogP contribution in [0.15, 0.2) is 71.8 Å². The molecule has 0 aromatic heterocycles. The molecule has 0 N–H and O–H groups in total. The quantitative estimate of drug-likeness (QED) is 0.498. The van der Waals surface area contributed by atoms with E-state index >= 15 is 0 Å². The molecule has 0 unspecified atom stereocenters. The van der Waals surface area contributed by atoms with Gasteiger partial charge < -0.3 is 9.47 Å². The molecule has 146 valence electrons. The number of rotatable bonds is 3. The highest BCUT2D eigenvalue weighted by Gasteiger charge is 2.42. The molecule has 0 amide bonds. The lowest BCUT2D eigenvalue weighted by Gasteiger charge is -2.39. The third-order valence-electron chi connectivity index (χ3n) is 5.32. The fraction of sp³-hybridized carbons (Fsp3) is 0.174. The molecule has 2 heterocycles. The van der Waals surface area contributed by atoms with E-state index < -0.39 is 6.23 Å². The van der Waals surface area contributed by atoms with E-state index in [1.165, 1.54) is 0 Å². The van der Waals surface area contributed by atoms with Gasteiger partial charge in [0.15, 0.2) is 0 Å². The average molecular weight is 425 g/mol. The monoisotopic (exact) mass is 424 g/mol. The average Bonchev–Trinajstić information content (AvgIpc) is 3.20. The Bertz CT molecular complexity index is 1100. The molecule has 0 spiro atoms. The summed E-state index contributed by atoms with van der Waals surface area (Å²) in [6, 6.07) is 21.6. The van der Waals surface area contributed by atoms with Gasteiger partial charge in [-0.15, -0.1) is 0 Å². The number of hydrogen-bond acceptors (Lipinski definition) is 4. The maximum atomic E-state index is 6.52. The summed E-state index contributed by atoms with van der Waals surface area (Å²) in [7, 11) is 1.66. The number of fused-ring (bicyclic) bond motifs is 3. The summed E-state index contributed by atoms with van der Waals surface area (Å²) in [6.07, 6.45) is 0.284. The zero-order valence-corrected chi connectivity index (χ0v) is 17.2. The van der Waals surface area contributed by atoms with Gasteiger partial charge in [-0.3, -0.25) is 0 Å². The highest BCUT2D eigenvalue weighted by atomic mass is 35.5. The summed E-state index contributed by atoms with van der Waals surface area (Å²) in [5.74, 6) is 1.39. The normalized spacial score (nSPS) is 19.8. The summed E-state index contributed by atoms with van der Waals surface area (Å²) in [5.41, 5.74) is 3.94. The Hall–Kier alpha value is -2.69. The molecule has 4 nitrogen and oxygen atoms in total. The number of ether oxygens (including phenoxy) is 2. The minimum Gasteiger partial charge on any atom is -0.496 e. The molecule has 0 saturated heterocycles. The Morgan fingerprint density at radius 3 is 2.55 bits per heavy atom. The van der Waals surface area contributed by atoms with E-state index in [-0.39, 0.29) is 6.04 Å². The molecule has 2 atom stereocenters. The first-order valence-corrected chi connectivity index (χ1v) is 10.1. The molecule has 0 bridgehead atoms. The van der Waals surface area contributed by atoms with Crippen LogP contribution in [0.2, 0.25) is 10.0 Å². The van der Waals surface area contributed by atoms with Crippen LogP contribution in [0.5, 0.6) is 11.5 Å². The minimum atomic E-state index is -0.455. The van der Waals surface area contributed by atoms with Gasteiger partial charge in [0, 0.05) is 17.0 Å². The van der Waals surface area contributed by atoms with Crippen LogP contribution in [0.3, 0.4) is 0 Å². The van der Waals surface area contributed by atoms with Gasteiger partial charge in [0.05, 0.1) is 29.4 Å². The lowest BCUT2D eigenvalue weighted by atomic mass is 9.95. The largest absolute Gasteiger partial charge is 0.496 e. The van der Waals surface area contributed by atoms with E-state index in [1.54, 1.807) is 13.2 Å². The molecule has 5 rings (SSSR count). The van der Waals surface area contributed by atoms with E-state index in [2.05, 4.69) is 12.1 Å². The molecular weight excluding hydrogens is 407 g/mol. The first kappa shape index (κ1) is 18.3. The number of hydrazone groups is 1. The SMILES string of the molecule is COc1ccccc1[C@@H]1Oc2c(Cl)cc(Cl)cc2[C@H]2CC(c3ccccc3)=NN21. The van der Waals surface area contributed by atoms with Crippen LogP contribution in [0.4, 0.5) is 0 Å². The summed E-state index contributed by atoms with van der Waals surface area (Å²) < 4.78 is 12.0. The molecule has 0 radical (unpaired) electrons. The predicted molar refractivity (Wildman–Crippen MR) is 115 cm³/mol. The van der Waals surface area contributed by atoms with Crippen molar-refractivity contribution in [1.82, 2.24) is 5.01 Å². The second-order valence-electron chi connectivity index (χ2n) is 7.03. The van der Waals surface area contributed by atoms with E-state index in [1.807, 2.05) is 53.5 Å². The highest BCUT2D eigenvalue weighted by molar-refractivity contribution is 6.35. The molecular formula is C23H18Cl2N2O2. The van der Waals surface area contributed by atoms with E-state index in [0.717, 1.165) is 34.6 Å². The second kappa shape index (κ2) is 7.29. The molecule has 6 heteroatoms. The Morgan fingerprint density at radius 1 is 1.00 bits per heavy atom. The van der Waals surface area contributed by atoms with Gasteiger partial charge in [-0.1, -0.05) is 65.7 Å². The van der Waals surface area contributed by atoms with Crippen molar-refractivity contribution in [1.29, 1.82) is 0 Å². The fourth-order valence-electron chi connectivity index (χ4n) is 4.00. The van der Waals surface area contributed by atoms with Gasteiger partial charge >= 0.3 is 0 Å². The summed E-state index contributed by atoms with van der Waals surface area (Å²) in [6.45, 7) is 0.